The second-order valence-electron chi connectivity index (χ2n) is 11.1. The Kier molecular flexibility index (Phi) is 8.33. The fourth-order valence-corrected chi connectivity index (χ4v) is 5.00. The van der Waals surface area contributed by atoms with Crippen LogP contribution in [0.2, 0.25) is 0 Å². The first-order chi connectivity index (χ1) is 18.1. The maximum absolute atomic E-state index is 13.6. The van der Waals surface area contributed by atoms with E-state index in [1.54, 1.807) is 17.0 Å². The van der Waals surface area contributed by atoms with E-state index >= 15 is 0 Å². The van der Waals surface area contributed by atoms with Gasteiger partial charge in [-0.25, -0.2) is 9.37 Å². The molecule has 1 aromatic carbocycles. The number of nitrogens with one attached hydrogen (secondary N) is 1. The molecular weight excluding hydrogens is 487 g/mol. The van der Waals surface area contributed by atoms with Gasteiger partial charge < -0.3 is 19.6 Å². The average Bonchev–Trinajstić information content (AvgIpc) is 3.51. The highest BCUT2D eigenvalue weighted by Gasteiger charge is 2.31. The zero-order valence-electron chi connectivity index (χ0n) is 22.5. The minimum Gasteiger partial charge on any atom is -0.491 e. The molecule has 1 saturated heterocycles. The van der Waals surface area contributed by atoms with Gasteiger partial charge in [0.15, 0.2) is 5.78 Å². The van der Waals surface area contributed by atoms with E-state index in [2.05, 4.69) is 30.7 Å². The van der Waals surface area contributed by atoms with Crippen LogP contribution in [0.15, 0.2) is 24.3 Å². The number of amidine groups is 1. The van der Waals surface area contributed by atoms with Crippen molar-refractivity contribution in [2.24, 2.45) is 0 Å². The van der Waals surface area contributed by atoms with E-state index in [0.29, 0.717) is 37.3 Å². The quantitative estimate of drug-likeness (QED) is 0.311. The van der Waals surface area contributed by atoms with Gasteiger partial charge in [0.05, 0.1) is 24.5 Å². The molecule has 0 atom stereocenters. The number of halogens is 1. The number of anilines is 1. The third kappa shape index (κ3) is 6.14. The number of ether oxygens (including phenoxy) is 1. The number of nitrogens with zero attached hydrogens (tertiary/aromatic N) is 3. The Morgan fingerprint density at radius 2 is 1.89 bits per heavy atom. The van der Waals surface area contributed by atoms with Gasteiger partial charge in [0.2, 0.25) is 0 Å². The highest BCUT2D eigenvalue weighted by Crippen LogP contribution is 2.42. The Labute approximate surface area is 223 Å². The van der Waals surface area contributed by atoms with Gasteiger partial charge in [-0.3, -0.25) is 15.0 Å². The number of aliphatic carboxylic acids is 1. The Balaban J connectivity index is 1.60. The molecule has 2 aromatic rings. The van der Waals surface area contributed by atoms with Crippen LogP contribution in [-0.2, 0) is 23.4 Å². The highest BCUT2D eigenvalue weighted by molar-refractivity contribution is 6.05. The lowest BCUT2D eigenvalue weighted by molar-refractivity contribution is -0.137. The van der Waals surface area contributed by atoms with Crippen LogP contribution >= 0.6 is 0 Å². The Hall–Kier alpha value is -3.49. The molecule has 3 heterocycles. The second-order valence-corrected chi connectivity index (χ2v) is 11.1. The molecule has 0 radical (unpaired) electrons. The maximum Gasteiger partial charge on any atom is 0.303 e. The molecule has 9 heteroatoms. The van der Waals surface area contributed by atoms with E-state index < -0.39 is 12.6 Å². The fourth-order valence-electron chi connectivity index (χ4n) is 5.00. The molecule has 38 heavy (non-hydrogen) atoms. The van der Waals surface area contributed by atoms with Gasteiger partial charge in [0, 0.05) is 42.7 Å². The van der Waals surface area contributed by atoms with Crippen LogP contribution in [0.25, 0.3) is 0 Å². The molecule has 1 fully saturated rings. The van der Waals surface area contributed by atoms with Crippen molar-refractivity contribution in [1.29, 1.82) is 5.41 Å². The molecule has 0 unspecified atom stereocenters. The summed E-state index contributed by atoms with van der Waals surface area (Å²) in [6.45, 7) is 8.15. The molecule has 0 bridgehead atoms. The largest absolute Gasteiger partial charge is 0.491 e. The first kappa shape index (κ1) is 27.5. The van der Waals surface area contributed by atoms with E-state index in [-0.39, 0.29) is 35.7 Å². The van der Waals surface area contributed by atoms with Gasteiger partial charge in [-0.15, -0.1) is 0 Å². The molecule has 4 rings (SSSR count). The molecule has 2 N–H and O–H groups in total. The zero-order valence-corrected chi connectivity index (χ0v) is 22.5. The van der Waals surface area contributed by atoms with E-state index in [1.807, 2.05) is 12.1 Å². The van der Waals surface area contributed by atoms with Gasteiger partial charge in [0.25, 0.3) is 0 Å². The first-order valence-electron chi connectivity index (χ1n) is 13.3. The number of rotatable bonds is 11. The van der Waals surface area contributed by atoms with Crippen molar-refractivity contribution < 1.29 is 23.8 Å². The molecule has 204 valence electrons. The number of alkyl halides is 1. The summed E-state index contributed by atoms with van der Waals surface area (Å²) in [4.78, 5) is 32.7. The van der Waals surface area contributed by atoms with Gasteiger partial charge in [-0.2, -0.15) is 0 Å². The summed E-state index contributed by atoms with van der Waals surface area (Å²) in [6.07, 6.45) is 3.42. The molecule has 0 saturated carbocycles. The van der Waals surface area contributed by atoms with Crippen LogP contribution in [0.5, 0.6) is 5.75 Å². The minimum atomic E-state index is -0.811. The Morgan fingerprint density at radius 1 is 1.16 bits per heavy atom. The minimum absolute atomic E-state index is 0.0264. The number of unbranched alkanes of at least 4 members (excludes halogenated alkanes) is 1. The maximum atomic E-state index is 13.6. The molecule has 0 amide bonds. The number of ketones is 1. The van der Waals surface area contributed by atoms with Gasteiger partial charge in [0.1, 0.15) is 24.0 Å². The third-order valence-corrected chi connectivity index (χ3v) is 7.09. The van der Waals surface area contributed by atoms with Crippen molar-refractivity contribution in [2.75, 3.05) is 31.1 Å². The zero-order chi connectivity index (χ0) is 27.4. The van der Waals surface area contributed by atoms with Gasteiger partial charge in [-0.05, 0) is 49.3 Å². The van der Waals surface area contributed by atoms with Crippen LogP contribution in [0.4, 0.5) is 10.1 Å². The number of carboxylic acids is 1. The van der Waals surface area contributed by atoms with E-state index in [1.165, 1.54) is 0 Å². The van der Waals surface area contributed by atoms with Crippen molar-refractivity contribution in [2.45, 2.75) is 71.5 Å². The van der Waals surface area contributed by atoms with Crippen molar-refractivity contribution >= 4 is 23.3 Å². The fraction of sp³-hybridized carbons (Fsp3) is 0.517. The molecule has 1 aromatic heterocycles. The van der Waals surface area contributed by atoms with Crippen LogP contribution in [0.3, 0.4) is 0 Å². The van der Waals surface area contributed by atoms with Crippen LogP contribution in [0, 0.1) is 5.41 Å². The number of benzene rings is 1. The van der Waals surface area contributed by atoms with Gasteiger partial charge >= 0.3 is 5.97 Å². The lowest BCUT2D eigenvalue weighted by Crippen LogP contribution is -2.31. The van der Waals surface area contributed by atoms with Crippen molar-refractivity contribution in [3.8, 4) is 5.75 Å². The second kappa shape index (κ2) is 11.5. The lowest BCUT2D eigenvalue weighted by atomic mass is 9.84. The SMILES string of the molecule is CC(C)(C)c1cc(C(=O)CN2Cc3ccc(CF)nc3C2=N)cc(N2CCCC2)c1OCCCCC(=O)O. The molecule has 2 aliphatic rings. The molecule has 2 aliphatic heterocycles. The number of hydrogen-bond acceptors (Lipinski definition) is 6. The number of carbonyl (C=O) groups excluding carboxylic acids is 1. The summed E-state index contributed by atoms with van der Waals surface area (Å²) >= 11 is 0. The van der Waals surface area contributed by atoms with Crippen molar-refractivity contribution in [1.82, 2.24) is 9.88 Å². The lowest BCUT2D eigenvalue weighted by Gasteiger charge is -2.30. The number of carboxylic acid groups (broad SMARTS) is 1. The summed E-state index contributed by atoms with van der Waals surface area (Å²) in [6, 6.07) is 7.21. The molecule has 8 nitrogen and oxygen atoms in total. The summed E-state index contributed by atoms with van der Waals surface area (Å²) < 4.78 is 19.4. The smallest absolute Gasteiger partial charge is 0.303 e. The summed E-state index contributed by atoms with van der Waals surface area (Å²) in [5.74, 6) is -0.0163. The number of Topliss-reactive ketones (excluding diaryl/α,β-unsaturated/α-hetero) is 1. The Morgan fingerprint density at radius 3 is 2.55 bits per heavy atom. The van der Waals surface area contributed by atoms with E-state index in [4.69, 9.17) is 15.3 Å². The summed E-state index contributed by atoms with van der Waals surface area (Å²) in [5.41, 5.74) is 3.63. The highest BCUT2D eigenvalue weighted by atomic mass is 19.1. The van der Waals surface area contributed by atoms with Crippen LogP contribution < -0.4 is 9.64 Å². The van der Waals surface area contributed by atoms with E-state index in [0.717, 1.165) is 48.5 Å². The van der Waals surface area contributed by atoms with Crippen molar-refractivity contribution in [3.05, 3.63) is 52.3 Å². The number of aromatic nitrogens is 1. The van der Waals surface area contributed by atoms with Gasteiger partial charge in [-0.1, -0.05) is 26.8 Å². The number of pyridine rings is 1. The molecule has 0 spiro atoms. The number of fused-ring (bicyclic) bond motifs is 1. The third-order valence-electron chi connectivity index (χ3n) is 7.09. The molecular formula is C29H37FN4O4. The van der Waals surface area contributed by atoms with Crippen molar-refractivity contribution in [3.63, 3.8) is 0 Å². The normalized spacial score (nSPS) is 15.2. The number of hydrogen-bond donors (Lipinski definition) is 2. The predicted molar refractivity (Wildman–Crippen MR) is 144 cm³/mol. The number of carbonyl (C=O) groups is 2. The average molecular weight is 525 g/mol. The molecule has 0 aliphatic carbocycles. The standard InChI is InChI=1S/C29H37FN4O4/c1-29(2,3)22-14-20(24(35)18-34-17-19-9-10-21(16-30)32-26(19)28(34)31)15-23(33-11-5-6-12-33)27(22)38-13-7-4-8-25(36)37/h9-10,14-15,31H,4-8,11-13,16-18H2,1-3H3,(H,36,37). The Bertz CT molecular complexity index is 1220. The van der Waals surface area contributed by atoms with Crippen LogP contribution in [0.1, 0.15) is 85.7 Å². The first-order valence-corrected chi connectivity index (χ1v) is 13.3. The van der Waals surface area contributed by atoms with Crippen LogP contribution in [-0.4, -0.2) is 58.8 Å². The summed E-state index contributed by atoms with van der Waals surface area (Å²) in [5, 5.41) is 17.5. The van der Waals surface area contributed by atoms with E-state index in [9.17, 15) is 14.0 Å². The predicted octanol–water partition coefficient (Wildman–Crippen LogP) is 5.11. The topological polar surface area (TPSA) is 107 Å². The summed E-state index contributed by atoms with van der Waals surface area (Å²) in [7, 11) is 0. The monoisotopic (exact) mass is 524 g/mol.